The number of rotatable bonds is 6. The van der Waals surface area contributed by atoms with E-state index in [2.05, 4.69) is 12.1 Å². The van der Waals surface area contributed by atoms with Crippen LogP contribution in [0.15, 0.2) is 72.8 Å². The van der Waals surface area contributed by atoms with E-state index < -0.39 is 0 Å². The largest absolute Gasteiger partial charge is 0.457 e. The van der Waals surface area contributed by atoms with E-state index in [0.717, 1.165) is 24.0 Å². The molecule has 0 N–H and O–H groups in total. The Kier molecular flexibility index (Phi) is 4.94. The van der Waals surface area contributed by atoms with Gasteiger partial charge in [0.15, 0.2) is 0 Å². The lowest BCUT2D eigenvalue weighted by Crippen LogP contribution is -2.30. The van der Waals surface area contributed by atoms with E-state index in [-0.39, 0.29) is 11.8 Å². The van der Waals surface area contributed by atoms with Crippen molar-refractivity contribution in [2.24, 2.45) is 0 Å². The molecule has 4 heteroatoms. The minimum Gasteiger partial charge on any atom is -0.457 e. The smallest absolute Gasteiger partial charge is 0.265 e. The van der Waals surface area contributed by atoms with E-state index in [1.165, 1.54) is 4.90 Å². The Bertz CT molecular complexity index is 1010. The van der Waals surface area contributed by atoms with Gasteiger partial charge in [-0.1, -0.05) is 61.9 Å². The van der Waals surface area contributed by atoms with Gasteiger partial charge in [0.2, 0.25) is 0 Å². The van der Waals surface area contributed by atoms with Gasteiger partial charge in [0, 0.05) is 6.54 Å². The van der Waals surface area contributed by atoms with Crippen molar-refractivity contribution in [3.8, 4) is 22.6 Å². The average molecular weight is 371 g/mol. The number of nitrogens with zero attached hydrogens (tertiary/aromatic N) is 1. The van der Waals surface area contributed by atoms with Gasteiger partial charge in [0.25, 0.3) is 11.8 Å². The molecule has 0 atom stereocenters. The van der Waals surface area contributed by atoms with Crippen LogP contribution in [0, 0.1) is 0 Å². The molecule has 28 heavy (non-hydrogen) atoms. The molecule has 0 fully saturated rings. The molecular formula is C24H21NO3. The zero-order valence-electron chi connectivity index (χ0n) is 15.7. The van der Waals surface area contributed by atoms with E-state index in [1.54, 1.807) is 18.2 Å². The number of carbonyl (C=O) groups excluding carboxylic acids is 2. The lowest BCUT2D eigenvalue weighted by atomic mass is 10.1. The first-order valence-corrected chi connectivity index (χ1v) is 9.51. The highest BCUT2D eigenvalue weighted by molar-refractivity contribution is 6.22. The first kappa shape index (κ1) is 18.0. The second kappa shape index (κ2) is 7.69. The third kappa shape index (κ3) is 3.29. The molecule has 140 valence electrons. The fraction of sp³-hybridized carbons (Fsp3) is 0.167. The Labute approximate surface area is 164 Å². The SMILES string of the molecule is CCCCN1C(=O)c2cccc(Oc3ccc(-c4ccccc4)cc3)c2C1=O. The van der Waals surface area contributed by atoms with Crippen LogP contribution < -0.4 is 4.74 Å². The van der Waals surface area contributed by atoms with Crippen molar-refractivity contribution in [2.45, 2.75) is 19.8 Å². The highest BCUT2D eigenvalue weighted by Crippen LogP contribution is 2.34. The number of hydrogen-bond acceptors (Lipinski definition) is 3. The summed E-state index contributed by atoms with van der Waals surface area (Å²) >= 11 is 0. The molecule has 0 saturated carbocycles. The molecule has 0 saturated heterocycles. The van der Waals surface area contributed by atoms with Gasteiger partial charge in [-0.25, -0.2) is 0 Å². The topological polar surface area (TPSA) is 46.6 Å². The minimum atomic E-state index is -0.273. The lowest BCUT2D eigenvalue weighted by molar-refractivity contribution is 0.0651. The molecule has 0 aliphatic carbocycles. The molecule has 1 aliphatic heterocycles. The first-order chi connectivity index (χ1) is 13.7. The van der Waals surface area contributed by atoms with Crippen molar-refractivity contribution >= 4 is 11.8 Å². The predicted molar refractivity (Wildman–Crippen MR) is 109 cm³/mol. The minimum absolute atomic E-state index is 0.238. The maximum Gasteiger partial charge on any atom is 0.265 e. The van der Waals surface area contributed by atoms with E-state index in [4.69, 9.17) is 4.74 Å². The number of ether oxygens (including phenoxy) is 1. The summed E-state index contributed by atoms with van der Waals surface area (Å²) in [6, 6.07) is 23.0. The summed E-state index contributed by atoms with van der Waals surface area (Å²) < 4.78 is 5.98. The van der Waals surface area contributed by atoms with Crippen LogP contribution in [-0.2, 0) is 0 Å². The summed E-state index contributed by atoms with van der Waals surface area (Å²) in [5, 5.41) is 0. The molecule has 0 aromatic heterocycles. The van der Waals surface area contributed by atoms with Crippen molar-refractivity contribution in [2.75, 3.05) is 6.54 Å². The van der Waals surface area contributed by atoms with Crippen LogP contribution in [0.4, 0.5) is 0 Å². The summed E-state index contributed by atoms with van der Waals surface area (Å²) in [4.78, 5) is 26.7. The maximum atomic E-state index is 12.8. The number of amides is 2. The number of imide groups is 1. The molecule has 0 unspecified atom stereocenters. The molecule has 1 heterocycles. The summed E-state index contributed by atoms with van der Waals surface area (Å²) in [5.41, 5.74) is 2.99. The van der Waals surface area contributed by atoms with E-state index in [9.17, 15) is 9.59 Å². The monoisotopic (exact) mass is 371 g/mol. The highest BCUT2D eigenvalue weighted by atomic mass is 16.5. The Morgan fingerprint density at radius 3 is 2.21 bits per heavy atom. The molecule has 3 aromatic carbocycles. The van der Waals surface area contributed by atoms with Crippen LogP contribution in [0.2, 0.25) is 0 Å². The van der Waals surface area contributed by atoms with Crippen molar-refractivity contribution in [1.82, 2.24) is 4.90 Å². The molecule has 0 spiro atoms. The Morgan fingerprint density at radius 1 is 0.786 bits per heavy atom. The zero-order valence-corrected chi connectivity index (χ0v) is 15.7. The van der Waals surface area contributed by atoms with Crippen LogP contribution in [0.1, 0.15) is 40.5 Å². The van der Waals surface area contributed by atoms with E-state index in [0.29, 0.717) is 29.2 Å². The van der Waals surface area contributed by atoms with E-state index >= 15 is 0 Å². The molecule has 1 aliphatic rings. The number of hydrogen-bond donors (Lipinski definition) is 0. The van der Waals surface area contributed by atoms with Gasteiger partial charge < -0.3 is 4.74 Å². The van der Waals surface area contributed by atoms with Gasteiger partial charge in [-0.05, 0) is 41.8 Å². The number of unbranched alkanes of at least 4 members (excludes halogenated alkanes) is 1. The number of carbonyl (C=O) groups is 2. The summed E-state index contributed by atoms with van der Waals surface area (Å²) in [6.45, 7) is 2.47. The van der Waals surface area contributed by atoms with Crippen LogP contribution in [0.5, 0.6) is 11.5 Å². The molecule has 4 nitrogen and oxygen atoms in total. The van der Waals surface area contributed by atoms with Gasteiger partial charge in [-0.3, -0.25) is 14.5 Å². The second-order valence-corrected chi connectivity index (χ2v) is 6.79. The Hall–Kier alpha value is -3.40. The highest BCUT2D eigenvalue weighted by Gasteiger charge is 2.37. The number of fused-ring (bicyclic) bond motifs is 1. The fourth-order valence-electron chi connectivity index (χ4n) is 3.38. The summed E-state index contributed by atoms with van der Waals surface area (Å²) in [5.74, 6) is 0.533. The fourth-order valence-corrected chi connectivity index (χ4v) is 3.38. The van der Waals surface area contributed by atoms with Crippen molar-refractivity contribution < 1.29 is 14.3 Å². The number of benzene rings is 3. The molecule has 4 rings (SSSR count). The van der Waals surface area contributed by atoms with E-state index in [1.807, 2.05) is 49.4 Å². The van der Waals surface area contributed by atoms with Crippen LogP contribution in [0.3, 0.4) is 0 Å². The third-order valence-corrected chi connectivity index (χ3v) is 4.89. The third-order valence-electron chi connectivity index (χ3n) is 4.89. The van der Waals surface area contributed by atoms with Gasteiger partial charge in [0.1, 0.15) is 11.5 Å². The van der Waals surface area contributed by atoms with Gasteiger partial charge >= 0.3 is 0 Å². The predicted octanol–water partition coefficient (Wildman–Crippen LogP) is 5.54. The first-order valence-electron chi connectivity index (χ1n) is 9.51. The van der Waals surface area contributed by atoms with Gasteiger partial charge in [0.05, 0.1) is 11.1 Å². The Morgan fingerprint density at radius 2 is 1.50 bits per heavy atom. The van der Waals surface area contributed by atoms with Crippen molar-refractivity contribution in [3.63, 3.8) is 0 Å². The molecular weight excluding hydrogens is 350 g/mol. The molecule has 3 aromatic rings. The van der Waals surface area contributed by atoms with Gasteiger partial charge in [-0.15, -0.1) is 0 Å². The zero-order chi connectivity index (χ0) is 19.5. The molecule has 0 radical (unpaired) electrons. The van der Waals surface area contributed by atoms with Crippen LogP contribution in [0.25, 0.3) is 11.1 Å². The van der Waals surface area contributed by atoms with Crippen molar-refractivity contribution in [1.29, 1.82) is 0 Å². The summed E-state index contributed by atoms with van der Waals surface area (Å²) in [6.07, 6.45) is 1.72. The quantitative estimate of drug-likeness (QED) is 0.534. The Balaban J connectivity index is 1.59. The van der Waals surface area contributed by atoms with Gasteiger partial charge in [-0.2, -0.15) is 0 Å². The maximum absolute atomic E-state index is 12.8. The van der Waals surface area contributed by atoms with Crippen LogP contribution >= 0.6 is 0 Å². The van der Waals surface area contributed by atoms with Crippen molar-refractivity contribution in [3.05, 3.63) is 83.9 Å². The second-order valence-electron chi connectivity index (χ2n) is 6.79. The standard InChI is InChI=1S/C24H21NO3/c1-2-3-16-25-23(26)20-10-7-11-21(22(20)24(25)27)28-19-14-12-18(13-15-19)17-8-5-4-6-9-17/h4-15H,2-3,16H2,1H3. The molecule has 2 amide bonds. The van der Waals surface area contributed by atoms with Crippen LogP contribution in [-0.4, -0.2) is 23.3 Å². The molecule has 0 bridgehead atoms. The summed E-state index contributed by atoms with van der Waals surface area (Å²) in [7, 11) is 0. The normalized spacial score (nSPS) is 13.0. The average Bonchev–Trinajstić information content (AvgIpc) is 2.98. The lowest BCUT2D eigenvalue weighted by Gasteiger charge is -2.13.